The van der Waals surface area contributed by atoms with E-state index in [1.165, 1.54) is 42.7 Å². The molecule has 0 aliphatic heterocycles. The molecule has 1 aliphatic rings. The topological polar surface area (TPSA) is 60.7 Å². The quantitative estimate of drug-likeness (QED) is 0.294. The molecular weight excluding hydrogens is 489 g/mol. The Balaban J connectivity index is 1.48. The van der Waals surface area contributed by atoms with Gasteiger partial charge in [0.05, 0.1) is 6.20 Å². The predicted octanol–water partition coefficient (Wildman–Crippen LogP) is 7.95. The van der Waals surface area contributed by atoms with E-state index in [9.17, 15) is 18.0 Å². The predicted molar refractivity (Wildman–Crippen MR) is 145 cm³/mol. The summed E-state index contributed by atoms with van der Waals surface area (Å²) >= 11 is 0. The monoisotopic (exact) mass is 528 g/mol. The van der Waals surface area contributed by atoms with Crippen LogP contribution < -0.4 is 5.56 Å². The van der Waals surface area contributed by atoms with Crippen LogP contribution in [0.4, 0.5) is 13.2 Å². The summed E-state index contributed by atoms with van der Waals surface area (Å²) < 4.78 is 39.5. The lowest BCUT2D eigenvalue weighted by molar-refractivity contribution is -0.141. The van der Waals surface area contributed by atoms with Gasteiger partial charge in [-0.3, -0.25) is 4.79 Å². The minimum Gasteiger partial charge on any atom is -0.267 e. The Morgan fingerprint density at radius 1 is 1.11 bits per heavy atom. The molecule has 0 aromatic carbocycles. The zero-order valence-corrected chi connectivity index (χ0v) is 23.2. The van der Waals surface area contributed by atoms with Crippen molar-refractivity contribution in [3.05, 3.63) is 80.6 Å². The van der Waals surface area contributed by atoms with Crippen LogP contribution in [0.5, 0.6) is 0 Å². The van der Waals surface area contributed by atoms with E-state index in [0.717, 1.165) is 49.0 Å². The zero-order chi connectivity index (χ0) is 27.9. The third-order valence-corrected chi connectivity index (χ3v) is 7.39. The lowest BCUT2D eigenvalue weighted by atomic mass is 9.71. The second-order valence-corrected chi connectivity index (χ2v) is 11.0. The van der Waals surface area contributed by atoms with Crippen LogP contribution in [-0.4, -0.2) is 19.7 Å². The molecule has 2 aromatic rings. The fraction of sp³-hybridized carbons (Fsp3) is 0.533. The number of aromatic nitrogens is 4. The molecule has 0 unspecified atom stereocenters. The minimum atomic E-state index is -4.62. The Morgan fingerprint density at radius 2 is 1.82 bits per heavy atom. The summed E-state index contributed by atoms with van der Waals surface area (Å²) in [6.45, 7) is 11.4. The smallest absolute Gasteiger partial charge is 0.267 e. The van der Waals surface area contributed by atoms with Crippen LogP contribution in [0, 0.1) is 5.41 Å². The van der Waals surface area contributed by atoms with Crippen molar-refractivity contribution in [2.45, 2.75) is 98.6 Å². The maximum absolute atomic E-state index is 12.9. The highest BCUT2D eigenvalue weighted by Crippen LogP contribution is 2.42. The van der Waals surface area contributed by atoms with Gasteiger partial charge in [0.25, 0.3) is 11.5 Å². The number of hydrogen-bond acceptors (Lipinski definition) is 4. The van der Waals surface area contributed by atoms with Gasteiger partial charge in [-0.1, -0.05) is 48.3 Å². The van der Waals surface area contributed by atoms with Crippen molar-refractivity contribution >= 4 is 0 Å². The average Bonchev–Trinajstić information content (AvgIpc) is 2.83. The first-order chi connectivity index (χ1) is 17.9. The number of nitrogens with zero attached hydrogens (tertiary/aromatic N) is 4. The maximum atomic E-state index is 12.9. The van der Waals surface area contributed by atoms with Crippen molar-refractivity contribution < 1.29 is 13.2 Å². The molecule has 2 aromatic heterocycles. The van der Waals surface area contributed by atoms with Gasteiger partial charge >= 0.3 is 6.18 Å². The summed E-state index contributed by atoms with van der Waals surface area (Å²) in [4.78, 5) is 19.6. The molecule has 0 fully saturated rings. The first kappa shape index (κ1) is 29.5. The van der Waals surface area contributed by atoms with E-state index in [-0.39, 0.29) is 0 Å². The standard InChI is InChI=1S/C30H39F3N4O/c1-21(9-6-10-22(2)14-15-25-23(3)12-8-17-29(25,4)5)11-7-13-24-19-27(38)37(35-20-24)28-34-18-16-26(36-28)30(31,32)33/h10-11,16,18-20H,6-9,12-15,17H2,1-5H3/b21-11+,22-10+. The second kappa shape index (κ2) is 12.7. The average molecular weight is 529 g/mol. The van der Waals surface area contributed by atoms with Crippen molar-refractivity contribution in [2.24, 2.45) is 5.41 Å². The van der Waals surface area contributed by atoms with E-state index in [1.807, 2.05) is 0 Å². The Kier molecular flexibility index (Phi) is 9.85. The van der Waals surface area contributed by atoms with Crippen LogP contribution in [-0.2, 0) is 12.6 Å². The third-order valence-electron chi connectivity index (χ3n) is 7.39. The van der Waals surface area contributed by atoms with Crippen LogP contribution in [0.15, 0.2) is 63.8 Å². The summed E-state index contributed by atoms with van der Waals surface area (Å²) in [5, 5.41) is 3.98. The molecule has 0 saturated heterocycles. The molecular formula is C30H39F3N4O. The van der Waals surface area contributed by atoms with Crippen LogP contribution >= 0.6 is 0 Å². The van der Waals surface area contributed by atoms with Gasteiger partial charge in [0.2, 0.25) is 0 Å². The highest BCUT2D eigenvalue weighted by molar-refractivity contribution is 5.23. The van der Waals surface area contributed by atoms with E-state index >= 15 is 0 Å². The largest absolute Gasteiger partial charge is 0.433 e. The van der Waals surface area contributed by atoms with Gasteiger partial charge in [-0.05, 0) is 95.6 Å². The van der Waals surface area contributed by atoms with E-state index in [1.54, 1.807) is 11.1 Å². The number of halogens is 3. The van der Waals surface area contributed by atoms with Gasteiger partial charge in [-0.25, -0.2) is 9.97 Å². The zero-order valence-electron chi connectivity index (χ0n) is 23.2. The molecule has 0 N–H and O–H groups in total. The summed E-state index contributed by atoms with van der Waals surface area (Å²) in [6.07, 6.45) is 11.8. The van der Waals surface area contributed by atoms with Gasteiger partial charge in [0.15, 0.2) is 0 Å². The van der Waals surface area contributed by atoms with Crippen LogP contribution in [0.2, 0.25) is 0 Å². The first-order valence-corrected chi connectivity index (χ1v) is 13.4. The summed E-state index contributed by atoms with van der Waals surface area (Å²) in [6, 6.07) is 2.13. The molecule has 3 rings (SSSR count). The molecule has 2 heterocycles. The molecule has 0 radical (unpaired) electrons. The van der Waals surface area contributed by atoms with Crippen molar-refractivity contribution in [2.75, 3.05) is 0 Å². The maximum Gasteiger partial charge on any atom is 0.433 e. The minimum absolute atomic E-state index is 0.329. The van der Waals surface area contributed by atoms with Gasteiger partial charge < -0.3 is 0 Å². The second-order valence-electron chi connectivity index (χ2n) is 11.0. The van der Waals surface area contributed by atoms with Gasteiger partial charge in [-0.2, -0.15) is 23.0 Å². The molecule has 0 saturated carbocycles. The molecule has 0 spiro atoms. The highest BCUT2D eigenvalue weighted by atomic mass is 19.4. The number of alkyl halides is 3. The van der Waals surface area contributed by atoms with Gasteiger partial charge in [-0.15, -0.1) is 0 Å². The lowest BCUT2D eigenvalue weighted by Crippen LogP contribution is -2.24. The summed E-state index contributed by atoms with van der Waals surface area (Å²) in [5.74, 6) is -0.398. The normalized spacial score (nSPS) is 16.7. The van der Waals surface area contributed by atoms with Crippen molar-refractivity contribution in [3.8, 4) is 5.95 Å². The molecule has 0 atom stereocenters. The third kappa shape index (κ3) is 8.23. The van der Waals surface area contributed by atoms with E-state index in [0.29, 0.717) is 17.4 Å². The fourth-order valence-electron chi connectivity index (χ4n) is 5.13. The first-order valence-electron chi connectivity index (χ1n) is 13.4. The van der Waals surface area contributed by atoms with E-state index < -0.39 is 23.4 Å². The molecule has 1 aliphatic carbocycles. The van der Waals surface area contributed by atoms with Gasteiger partial charge in [0, 0.05) is 12.3 Å². The van der Waals surface area contributed by atoms with Crippen LogP contribution in [0.3, 0.4) is 0 Å². The summed E-state index contributed by atoms with van der Waals surface area (Å²) in [5.41, 5.74) is 5.33. The Morgan fingerprint density at radius 3 is 2.50 bits per heavy atom. The van der Waals surface area contributed by atoms with Crippen molar-refractivity contribution in [3.63, 3.8) is 0 Å². The Hall–Kier alpha value is -3.03. The summed E-state index contributed by atoms with van der Waals surface area (Å²) in [7, 11) is 0. The Labute approximate surface area is 223 Å². The highest BCUT2D eigenvalue weighted by Gasteiger charge is 2.33. The van der Waals surface area contributed by atoms with Crippen molar-refractivity contribution in [1.29, 1.82) is 0 Å². The molecule has 8 heteroatoms. The molecule has 206 valence electrons. The number of allylic oxidation sites excluding steroid dienone is 6. The molecule has 38 heavy (non-hydrogen) atoms. The van der Waals surface area contributed by atoms with Crippen LogP contribution in [0.1, 0.15) is 97.2 Å². The number of rotatable bonds is 10. The molecule has 0 bridgehead atoms. The number of aryl methyl sites for hydroxylation is 1. The van der Waals surface area contributed by atoms with Crippen LogP contribution in [0.25, 0.3) is 5.95 Å². The lowest BCUT2D eigenvalue weighted by Gasteiger charge is -2.35. The van der Waals surface area contributed by atoms with E-state index in [4.69, 9.17) is 0 Å². The van der Waals surface area contributed by atoms with E-state index in [2.05, 4.69) is 61.8 Å². The molecule has 0 amide bonds. The SMILES string of the molecule is CC1=C(CC/C(C)=C/CC/C(C)=C/CCc2cnn(-c3nccc(C(F)(F)F)n3)c(=O)c2)C(C)(C)CCC1. The fourth-order valence-corrected chi connectivity index (χ4v) is 5.13. The van der Waals surface area contributed by atoms with Gasteiger partial charge in [0.1, 0.15) is 5.69 Å². The number of hydrogen-bond donors (Lipinski definition) is 0. The Bertz CT molecular complexity index is 1270. The van der Waals surface area contributed by atoms with Crippen molar-refractivity contribution in [1.82, 2.24) is 19.7 Å². The molecule has 5 nitrogen and oxygen atoms in total.